The molecular formula is C18H24FNO2. The summed E-state index contributed by atoms with van der Waals surface area (Å²) in [6.07, 6.45) is 4.56. The van der Waals surface area contributed by atoms with Crippen LogP contribution in [0.5, 0.6) is 0 Å². The SMILES string of the molecule is CC(C)(C)OC(=O)N1CCC/C(=C\c2ccc(F)cc2)CC1. The van der Waals surface area contributed by atoms with E-state index in [0.29, 0.717) is 6.54 Å². The summed E-state index contributed by atoms with van der Waals surface area (Å²) in [5.74, 6) is -0.223. The van der Waals surface area contributed by atoms with Crippen molar-refractivity contribution in [3.8, 4) is 0 Å². The van der Waals surface area contributed by atoms with E-state index in [4.69, 9.17) is 4.74 Å². The van der Waals surface area contributed by atoms with Crippen molar-refractivity contribution in [1.82, 2.24) is 4.90 Å². The van der Waals surface area contributed by atoms with Gasteiger partial charge in [0.1, 0.15) is 11.4 Å². The molecule has 1 amide bonds. The number of carbonyl (C=O) groups excluding carboxylic acids is 1. The van der Waals surface area contributed by atoms with Crippen molar-refractivity contribution in [2.24, 2.45) is 0 Å². The minimum atomic E-state index is -0.462. The molecule has 0 spiro atoms. The van der Waals surface area contributed by atoms with Crippen LogP contribution in [0.1, 0.15) is 45.6 Å². The normalized spacial score (nSPS) is 18.2. The molecule has 1 aliphatic rings. The molecule has 0 saturated carbocycles. The van der Waals surface area contributed by atoms with Crippen LogP contribution in [0.2, 0.25) is 0 Å². The highest BCUT2D eigenvalue weighted by molar-refractivity contribution is 5.68. The van der Waals surface area contributed by atoms with Gasteiger partial charge >= 0.3 is 6.09 Å². The van der Waals surface area contributed by atoms with E-state index in [-0.39, 0.29) is 11.9 Å². The molecule has 3 nitrogen and oxygen atoms in total. The zero-order chi connectivity index (χ0) is 16.2. The second kappa shape index (κ2) is 6.95. The zero-order valence-corrected chi connectivity index (χ0v) is 13.6. The molecule has 0 atom stereocenters. The molecule has 22 heavy (non-hydrogen) atoms. The van der Waals surface area contributed by atoms with Crippen LogP contribution in [0.15, 0.2) is 29.8 Å². The number of halogens is 1. The first-order valence-corrected chi connectivity index (χ1v) is 7.76. The highest BCUT2D eigenvalue weighted by Crippen LogP contribution is 2.21. The van der Waals surface area contributed by atoms with Gasteiger partial charge in [-0.2, -0.15) is 0 Å². The van der Waals surface area contributed by atoms with Gasteiger partial charge in [-0.1, -0.05) is 23.8 Å². The lowest BCUT2D eigenvalue weighted by Crippen LogP contribution is -2.37. The molecule has 1 aliphatic heterocycles. The maximum atomic E-state index is 12.9. The average Bonchev–Trinajstić information content (AvgIpc) is 2.65. The third-order valence-corrected chi connectivity index (χ3v) is 3.52. The Morgan fingerprint density at radius 1 is 1.18 bits per heavy atom. The van der Waals surface area contributed by atoms with E-state index in [1.54, 1.807) is 17.0 Å². The summed E-state index contributed by atoms with van der Waals surface area (Å²) in [6.45, 7) is 7.02. The Hall–Kier alpha value is -1.84. The van der Waals surface area contributed by atoms with Crippen molar-refractivity contribution in [2.75, 3.05) is 13.1 Å². The molecule has 1 aromatic rings. The Balaban J connectivity index is 1.97. The molecule has 0 aliphatic carbocycles. The maximum Gasteiger partial charge on any atom is 0.410 e. The number of carbonyl (C=O) groups is 1. The van der Waals surface area contributed by atoms with Crippen molar-refractivity contribution in [3.63, 3.8) is 0 Å². The van der Waals surface area contributed by atoms with E-state index in [9.17, 15) is 9.18 Å². The summed E-state index contributed by atoms with van der Waals surface area (Å²) >= 11 is 0. The minimum absolute atomic E-state index is 0.223. The first kappa shape index (κ1) is 16.5. The fraction of sp³-hybridized carbons (Fsp3) is 0.500. The molecule has 0 radical (unpaired) electrons. The van der Waals surface area contributed by atoms with Crippen molar-refractivity contribution >= 4 is 12.2 Å². The van der Waals surface area contributed by atoms with Crippen LogP contribution in [0.25, 0.3) is 6.08 Å². The summed E-state index contributed by atoms with van der Waals surface area (Å²) in [6, 6.07) is 6.49. The molecule has 2 rings (SSSR count). The van der Waals surface area contributed by atoms with E-state index in [0.717, 1.165) is 31.4 Å². The molecule has 1 saturated heterocycles. The number of nitrogens with zero attached hydrogens (tertiary/aromatic N) is 1. The lowest BCUT2D eigenvalue weighted by molar-refractivity contribution is 0.0258. The Kier molecular flexibility index (Phi) is 5.22. The van der Waals surface area contributed by atoms with Gasteiger partial charge < -0.3 is 9.64 Å². The first-order valence-electron chi connectivity index (χ1n) is 7.76. The van der Waals surface area contributed by atoms with Crippen molar-refractivity contribution in [1.29, 1.82) is 0 Å². The highest BCUT2D eigenvalue weighted by Gasteiger charge is 2.23. The molecule has 4 heteroatoms. The van der Waals surface area contributed by atoms with Gasteiger partial charge in [-0.05, 0) is 57.7 Å². The Morgan fingerprint density at radius 2 is 1.86 bits per heavy atom. The number of rotatable bonds is 1. The zero-order valence-electron chi connectivity index (χ0n) is 13.6. The van der Waals surface area contributed by atoms with Gasteiger partial charge in [0.15, 0.2) is 0 Å². The summed E-state index contributed by atoms with van der Waals surface area (Å²) in [5.41, 5.74) is 1.83. The predicted octanol–water partition coefficient (Wildman–Crippen LogP) is 4.63. The van der Waals surface area contributed by atoms with Crippen LogP contribution in [-0.2, 0) is 4.74 Å². The standard InChI is InChI=1S/C18H24FNO2/c1-18(2,3)22-17(21)20-11-4-5-14(10-12-20)13-15-6-8-16(19)9-7-15/h6-9,13H,4-5,10-12H2,1-3H3/b14-13+. The summed E-state index contributed by atoms with van der Waals surface area (Å²) in [4.78, 5) is 13.9. The van der Waals surface area contributed by atoms with E-state index < -0.39 is 5.60 Å². The highest BCUT2D eigenvalue weighted by atomic mass is 19.1. The summed E-state index contributed by atoms with van der Waals surface area (Å²) in [7, 11) is 0. The van der Waals surface area contributed by atoms with E-state index in [1.165, 1.54) is 17.7 Å². The quantitative estimate of drug-likeness (QED) is 0.757. The van der Waals surface area contributed by atoms with Gasteiger partial charge in [0.2, 0.25) is 0 Å². The Morgan fingerprint density at radius 3 is 2.50 bits per heavy atom. The van der Waals surface area contributed by atoms with E-state index in [2.05, 4.69) is 6.08 Å². The maximum absolute atomic E-state index is 12.9. The third-order valence-electron chi connectivity index (χ3n) is 3.52. The number of ether oxygens (including phenoxy) is 1. The fourth-order valence-corrected chi connectivity index (χ4v) is 2.46. The first-order chi connectivity index (χ1) is 10.3. The fourth-order valence-electron chi connectivity index (χ4n) is 2.46. The molecular weight excluding hydrogens is 281 g/mol. The number of hydrogen-bond acceptors (Lipinski definition) is 2. The van der Waals surface area contributed by atoms with Crippen molar-refractivity contribution in [3.05, 3.63) is 41.2 Å². The lowest BCUT2D eigenvalue weighted by atomic mass is 10.0. The van der Waals surface area contributed by atoms with Gasteiger partial charge in [0.05, 0.1) is 0 Å². The van der Waals surface area contributed by atoms with Crippen LogP contribution in [0, 0.1) is 5.82 Å². The number of hydrogen-bond donors (Lipinski definition) is 0. The molecule has 0 N–H and O–H groups in total. The van der Waals surface area contributed by atoms with Gasteiger partial charge in [-0.15, -0.1) is 0 Å². The minimum Gasteiger partial charge on any atom is -0.444 e. The van der Waals surface area contributed by atoms with Crippen molar-refractivity contribution < 1.29 is 13.9 Å². The van der Waals surface area contributed by atoms with Gasteiger partial charge in [-0.25, -0.2) is 9.18 Å². The van der Waals surface area contributed by atoms with E-state index >= 15 is 0 Å². The van der Waals surface area contributed by atoms with Crippen LogP contribution in [-0.4, -0.2) is 29.7 Å². The second-order valence-corrected chi connectivity index (χ2v) is 6.68. The van der Waals surface area contributed by atoms with Crippen LogP contribution >= 0.6 is 0 Å². The molecule has 1 aromatic carbocycles. The van der Waals surface area contributed by atoms with Gasteiger partial charge in [0, 0.05) is 13.1 Å². The summed E-state index contributed by atoms with van der Waals surface area (Å²) < 4.78 is 18.4. The number of amides is 1. The lowest BCUT2D eigenvalue weighted by Gasteiger charge is -2.26. The molecule has 1 fully saturated rings. The van der Waals surface area contributed by atoms with Crippen LogP contribution in [0.3, 0.4) is 0 Å². The van der Waals surface area contributed by atoms with Crippen LogP contribution < -0.4 is 0 Å². The topological polar surface area (TPSA) is 29.5 Å². The smallest absolute Gasteiger partial charge is 0.410 e. The molecule has 1 heterocycles. The number of benzene rings is 1. The largest absolute Gasteiger partial charge is 0.444 e. The third kappa shape index (κ3) is 5.17. The predicted molar refractivity (Wildman–Crippen MR) is 86.0 cm³/mol. The Labute approximate surface area is 131 Å². The number of likely N-dealkylation sites (tertiary alicyclic amines) is 1. The van der Waals surface area contributed by atoms with Crippen LogP contribution in [0.4, 0.5) is 9.18 Å². The molecule has 0 bridgehead atoms. The van der Waals surface area contributed by atoms with Gasteiger partial charge in [0.25, 0.3) is 0 Å². The molecule has 0 unspecified atom stereocenters. The average molecular weight is 305 g/mol. The summed E-state index contributed by atoms with van der Waals surface area (Å²) in [5, 5.41) is 0. The monoisotopic (exact) mass is 305 g/mol. The second-order valence-electron chi connectivity index (χ2n) is 6.68. The Bertz CT molecular complexity index is 543. The van der Waals surface area contributed by atoms with Crippen molar-refractivity contribution in [2.45, 2.75) is 45.6 Å². The van der Waals surface area contributed by atoms with E-state index in [1.807, 2.05) is 20.8 Å². The molecule has 0 aromatic heterocycles. The molecule has 120 valence electrons. The van der Waals surface area contributed by atoms with Gasteiger partial charge in [-0.3, -0.25) is 0 Å².